The lowest BCUT2D eigenvalue weighted by Gasteiger charge is -2.19. The van der Waals surface area contributed by atoms with E-state index in [-0.39, 0.29) is 5.41 Å². The summed E-state index contributed by atoms with van der Waals surface area (Å²) in [5, 5.41) is 18.4. The molecule has 0 fully saturated rings. The molecule has 8 heteroatoms. The number of rotatable bonds is 1. The third-order valence-corrected chi connectivity index (χ3v) is 3.95. The van der Waals surface area contributed by atoms with E-state index in [1.54, 1.807) is 6.07 Å². The van der Waals surface area contributed by atoms with Crippen LogP contribution in [0.1, 0.15) is 26.5 Å². The van der Waals surface area contributed by atoms with Gasteiger partial charge in [0, 0.05) is 21.0 Å². The molecule has 114 valence electrons. The van der Waals surface area contributed by atoms with Crippen molar-refractivity contribution in [3.63, 3.8) is 0 Å². The highest BCUT2D eigenvalue weighted by Gasteiger charge is 2.26. The van der Waals surface area contributed by atoms with Crippen molar-refractivity contribution in [2.45, 2.75) is 26.2 Å². The highest BCUT2D eigenvalue weighted by atomic mass is 79.9. The number of aromatic nitrogens is 5. The molecule has 0 aliphatic heterocycles. The van der Waals surface area contributed by atoms with Crippen molar-refractivity contribution in [1.29, 1.82) is 0 Å². The molecule has 1 N–H and O–H groups in total. The molecule has 0 unspecified atom stereocenters. The zero-order valence-corrected chi connectivity index (χ0v) is 13.9. The van der Waals surface area contributed by atoms with Crippen LogP contribution in [0, 0.1) is 0 Å². The van der Waals surface area contributed by atoms with Crippen LogP contribution in [0.3, 0.4) is 0 Å². The first-order valence-corrected chi connectivity index (χ1v) is 7.41. The van der Waals surface area contributed by atoms with Crippen molar-refractivity contribution < 1.29 is 9.90 Å². The maximum Gasteiger partial charge on any atom is 0.417 e. The maximum atomic E-state index is 11.7. The fraction of sp³-hybridized carbons (Fsp3) is 0.286. The second-order valence-corrected chi connectivity index (χ2v) is 6.77. The van der Waals surface area contributed by atoms with Crippen molar-refractivity contribution in [2.24, 2.45) is 0 Å². The number of pyridine rings is 1. The molecule has 0 spiro atoms. The third-order valence-electron chi connectivity index (χ3n) is 3.29. The monoisotopic (exact) mass is 363 g/mol. The Hall–Kier alpha value is -2.22. The number of hydrogen-bond acceptors (Lipinski definition) is 4. The Kier molecular flexibility index (Phi) is 3.28. The van der Waals surface area contributed by atoms with E-state index in [1.165, 1.54) is 21.8 Å². The van der Waals surface area contributed by atoms with Crippen LogP contribution < -0.4 is 0 Å². The molecule has 3 aromatic heterocycles. The molecule has 0 saturated heterocycles. The lowest BCUT2D eigenvalue weighted by Crippen LogP contribution is -2.22. The van der Waals surface area contributed by atoms with Gasteiger partial charge in [-0.2, -0.15) is 10.2 Å². The van der Waals surface area contributed by atoms with Gasteiger partial charge in [0.25, 0.3) is 0 Å². The number of hydrogen-bond donors (Lipinski definition) is 1. The molecule has 0 aliphatic carbocycles. The first kappa shape index (κ1) is 14.7. The molecule has 0 atom stereocenters. The van der Waals surface area contributed by atoms with Gasteiger partial charge in [-0.25, -0.2) is 14.3 Å². The van der Waals surface area contributed by atoms with E-state index in [0.29, 0.717) is 17.2 Å². The minimum absolute atomic E-state index is 0.331. The molecular weight excluding hydrogens is 350 g/mol. The van der Waals surface area contributed by atoms with Gasteiger partial charge in [0.1, 0.15) is 0 Å². The minimum atomic E-state index is -1.06. The van der Waals surface area contributed by atoms with Crippen molar-refractivity contribution in [1.82, 2.24) is 24.5 Å². The molecule has 22 heavy (non-hydrogen) atoms. The molecule has 0 radical (unpaired) electrons. The van der Waals surface area contributed by atoms with Gasteiger partial charge >= 0.3 is 6.09 Å². The van der Waals surface area contributed by atoms with Gasteiger partial charge in [0.2, 0.25) is 0 Å². The Morgan fingerprint density at radius 2 is 1.86 bits per heavy atom. The van der Waals surface area contributed by atoms with Crippen LogP contribution in [0.4, 0.5) is 4.79 Å². The standard InChI is InChI=1S/C14H14BrN5O2/c1-14(2,3)10-6-8-9(15)7-11(20-16-4-5-17-20)18-12(8)19(10)13(21)22/h4-7H,1-3H3,(H,21,22). The molecule has 0 bridgehead atoms. The van der Waals surface area contributed by atoms with E-state index < -0.39 is 6.09 Å². The van der Waals surface area contributed by atoms with Crippen LogP contribution in [0.25, 0.3) is 16.9 Å². The second kappa shape index (κ2) is 4.91. The van der Waals surface area contributed by atoms with Crippen LogP contribution in [0.15, 0.2) is 29.0 Å². The topological polar surface area (TPSA) is 85.8 Å². The smallest absolute Gasteiger partial charge is 0.417 e. The Morgan fingerprint density at radius 1 is 1.23 bits per heavy atom. The number of nitrogens with zero attached hydrogens (tertiary/aromatic N) is 5. The van der Waals surface area contributed by atoms with Crippen LogP contribution >= 0.6 is 15.9 Å². The average Bonchev–Trinajstić information content (AvgIpc) is 3.04. The van der Waals surface area contributed by atoms with Gasteiger partial charge in [-0.05, 0) is 28.1 Å². The Morgan fingerprint density at radius 3 is 2.41 bits per heavy atom. The molecule has 7 nitrogen and oxygen atoms in total. The summed E-state index contributed by atoms with van der Waals surface area (Å²) in [6, 6.07) is 3.61. The van der Waals surface area contributed by atoms with Crippen molar-refractivity contribution >= 4 is 33.1 Å². The molecule has 0 amide bonds. The molecular formula is C14H14BrN5O2. The zero-order valence-electron chi connectivity index (χ0n) is 12.3. The van der Waals surface area contributed by atoms with E-state index >= 15 is 0 Å². The van der Waals surface area contributed by atoms with Crippen LogP contribution in [0.2, 0.25) is 0 Å². The molecule has 3 rings (SSSR count). The van der Waals surface area contributed by atoms with Gasteiger partial charge in [0.05, 0.1) is 12.4 Å². The third kappa shape index (κ3) is 2.29. The van der Waals surface area contributed by atoms with Gasteiger partial charge in [-0.15, -0.1) is 4.80 Å². The predicted molar refractivity (Wildman–Crippen MR) is 84.5 cm³/mol. The fourth-order valence-corrected chi connectivity index (χ4v) is 2.80. The molecule has 3 heterocycles. The first-order chi connectivity index (χ1) is 10.3. The van der Waals surface area contributed by atoms with Gasteiger partial charge < -0.3 is 5.11 Å². The van der Waals surface area contributed by atoms with Gasteiger partial charge in [-0.3, -0.25) is 0 Å². The highest BCUT2D eigenvalue weighted by molar-refractivity contribution is 9.10. The maximum absolute atomic E-state index is 11.7. The van der Waals surface area contributed by atoms with E-state index in [2.05, 4.69) is 31.1 Å². The summed E-state index contributed by atoms with van der Waals surface area (Å²) in [7, 11) is 0. The number of fused-ring (bicyclic) bond motifs is 1. The van der Waals surface area contributed by atoms with E-state index in [9.17, 15) is 9.90 Å². The summed E-state index contributed by atoms with van der Waals surface area (Å²) in [5.74, 6) is 0.449. The summed E-state index contributed by atoms with van der Waals surface area (Å²) in [6.45, 7) is 5.89. The molecule has 0 aromatic carbocycles. The van der Waals surface area contributed by atoms with Gasteiger partial charge in [0.15, 0.2) is 11.5 Å². The highest BCUT2D eigenvalue weighted by Crippen LogP contribution is 2.33. The summed E-state index contributed by atoms with van der Waals surface area (Å²) in [4.78, 5) is 17.5. The zero-order chi connectivity index (χ0) is 16.1. The lowest BCUT2D eigenvalue weighted by atomic mass is 9.92. The normalized spacial score (nSPS) is 12.0. The Labute approximate surface area is 134 Å². The summed E-state index contributed by atoms with van der Waals surface area (Å²) >= 11 is 3.48. The van der Waals surface area contributed by atoms with Crippen LogP contribution in [-0.4, -0.2) is 35.7 Å². The lowest BCUT2D eigenvalue weighted by molar-refractivity contribution is 0.195. The number of carbonyl (C=O) groups is 1. The summed E-state index contributed by atoms with van der Waals surface area (Å²) in [5.41, 5.74) is 0.704. The first-order valence-electron chi connectivity index (χ1n) is 6.61. The average molecular weight is 364 g/mol. The van der Waals surface area contributed by atoms with E-state index in [1.807, 2.05) is 26.8 Å². The predicted octanol–water partition coefficient (Wildman–Crippen LogP) is 3.20. The van der Waals surface area contributed by atoms with Crippen molar-refractivity contribution in [3.05, 3.63) is 34.7 Å². The Balaban J connectivity index is 2.37. The van der Waals surface area contributed by atoms with Crippen molar-refractivity contribution in [3.8, 4) is 5.82 Å². The largest absolute Gasteiger partial charge is 0.464 e. The molecule has 0 aliphatic rings. The molecule has 3 aromatic rings. The fourth-order valence-electron chi connectivity index (χ4n) is 2.30. The summed E-state index contributed by atoms with van der Waals surface area (Å²) < 4.78 is 1.96. The SMILES string of the molecule is CC(C)(C)c1cc2c(Br)cc(-n3nccn3)nc2n1C(=O)O. The summed E-state index contributed by atoms with van der Waals surface area (Å²) in [6.07, 6.45) is 2.01. The van der Waals surface area contributed by atoms with Gasteiger partial charge in [-0.1, -0.05) is 20.8 Å². The minimum Gasteiger partial charge on any atom is -0.464 e. The van der Waals surface area contributed by atoms with Crippen LogP contribution in [-0.2, 0) is 5.41 Å². The quantitative estimate of drug-likeness (QED) is 0.717. The second-order valence-electron chi connectivity index (χ2n) is 5.92. The van der Waals surface area contributed by atoms with E-state index in [0.717, 1.165) is 9.86 Å². The van der Waals surface area contributed by atoms with Crippen molar-refractivity contribution in [2.75, 3.05) is 0 Å². The van der Waals surface area contributed by atoms with E-state index in [4.69, 9.17) is 0 Å². The molecule has 0 saturated carbocycles. The Bertz CT molecular complexity index is 862. The number of carboxylic acid groups (broad SMARTS) is 1. The number of halogens is 1. The van der Waals surface area contributed by atoms with Crippen LogP contribution in [0.5, 0.6) is 0 Å².